The van der Waals surface area contributed by atoms with Crippen molar-refractivity contribution in [1.29, 1.82) is 0 Å². The third-order valence-corrected chi connectivity index (χ3v) is 6.32. The molecule has 8 nitrogen and oxygen atoms in total. The molecule has 1 aromatic heterocycles. The number of carbonyl (C=O) groups excluding carboxylic acids is 1. The van der Waals surface area contributed by atoms with E-state index in [0.29, 0.717) is 17.5 Å². The van der Waals surface area contributed by atoms with Crippen LogP contribution in [0.4, 0.5) is 13.2 Å². The quantitative estimate of drug-likeness (QED) is 0.747. The van der Waals surface area contributed by atoms with Crippen LogP contribution in [0.1, 0.15) is 47.9 Å². The monoisotopic (exact) mass is 452 g/mol. The molecule has 0 atom stereocenters. The van der Waals surface area contributed by atoms with Gasteiger partial charge in [0.2, 0.25) is 0 Å². The Bertz CT molecular complexity index is 1030. The van der Waals surface area contributed by atoms with Gasteiger partial charge in [0.15, 0.2) is 11.4 Å². The van der Waals surface area contributed by atoms with Gasteiger partial charge in [-0.1, -0.05) is 29.7 Å². The predicted octanol–water partition coefficient (Wildman–Crippen LogP) is 3.19. The Balaban J connectivity index is 1.97. The first-order valence-electron chi connectivity index (χ1n) is 8.47. The van der Waals surface area contributed by atoms with Gasteiger partial charge in [-0.15, -0.1) is 5.10 Å². The predicted molar refractivity (Wildman–Crippen MR) is 95.2 cm³/mol. The summed E-state index contributed by atoms with van der Waals surface area (Å²) in [5, 5.41) is 6.56. The van der Waals surface area contributed by atoms with E-state index in [4.69, 9.17) is 16.3 Å². The summed E-state index contributed by atoms with van der Waals surface area (Å²) in [5.74, 6) is -1.43. The average molecular weight is 453 g/mol. The molecule has 1 saturated carbocycles. The second-order valence-corrected chi connectivity index (χ2v) is 8.46. The lowest BCUT2D eigenvalue weighted by atomic mass is 10.2. The van der Waals surface area contributed by atoms with Gasteiger partial charge in [-0.05, 0) is 25.0 Å². The molecule has 0 radical (unpaired) electrons. The minimum Gasteiger partial charge on any atom is -0.497 e. The molecule has 1 aromatic carbocycles. The van der Waals surface area contributed by atoms with Gasteiger partial charge in [0.1, 0.15) is 10.6 Å². The van der Waals surface area contributed by atoms with Gasteiger partial charge in [0, 0.05) is 6.07 Å². The number of rotatable bonds is 5. The second-order valence-electron chi connectivity index (χ2n) is 6.40. The van der Waals surface area contributed by atoms with Crippen LogP contribution in [0, 0.1) is 0 Å². The van der Waals surface area contributed by atoms with Crippen LogP contribution >= 0.6 is 11.6 Å². The number of nitrogens with zero attached hydrogens (tertiary/aromatic N) is 3. The molecular weight excluding hydrogens is 437 g/mol. The Morgan fingerprint density at radius 3 is 2.55 bits per heavy atom. The highest BCUT2D eigenvalue weighted by molar-refractivity contribution is 7.90. The summed E-state index contributed by atoms with van der Waals surface area (Å²) in [6.07, 6.45) is -2.56. The highest BCUT2D eigenvalue weighted by Gasteiger charge is 2.44. The zero-order valence-corrected chi connectivity index (χ0v) is 16.6. The van der Waals surface area contributed by atoms with Crippen LogP contribution in [0.15, 0.2) is 23.1 Å². The van der Waals surface area contributed by atoms with Crippen LogP contribution in [-0.4, -0.2) is 36.4 Å². The van der Waals surface area contributed by atoms with Crippen LogP contribution in [0.3, 0.4) is 0 Å². The van der Waals surface area contributed by atoms with Crippen molar-refractivity contribution in [1.82, 2.24) is 19.7 Å². The molecular formula is C16H16ClF3N4O4S. The van der Waals surface area contributed by atoms with Crippen LogP contribution in [0.25, 0.3) is 0 Å². The lowest BCUT2D eigenvalue weighted by Gasteiger charge is -2.15. The Morgan fingerprint density at radius 1 is 1.31 bits per heavy atom. The molecule has 0 spiro atoms. The highest BCUT2D eigenvalue weighted by atomic mass is 35.5. The third kappa shape index (κ3) is 4.32. The second kappa shape index (κ2) is 7.82. The zero-order valence-electron chi connectivity index (χ0n) is 15.0. The summed E-state index contributed by atoms with van der Waals surface area (Å²) in [6.45, 7) is 0. The summed E-state index contributed by atoms with van der Waals surface area (Å²) in [7, 11) is -3.31. The molecule has 0 unspecified atom stereocenters. The van der Waals surface area contributed by atoms with Gasteiger partial charge < -0.3 is 4.74 Å². The lowest BCUT2D eigenvalue weighted by molar-refractivity contribution is -0.145. The molecule has 2 aromatic rings. The standard InChI is InChI=1S/C16H16ClF3N4O4S/c1-28-10-6-7-11(17)12(8-10)29(26,27)22-15(25)13-14(16(18,19)20)24(23-21-13)9-4-2-3-5-9/h6-9H,2-5H2,1H3,(H,22,25). The number of sulfonamides is 1. The Hall–Kier alpha value is -2.34. The molecule has 0 bridgehead atoms. The van der Waals surface area contributed by atoms with E-state index >= 15 is 0 Å². The van der Waals surface area contributed by atoms with Crippen LogP contribution in [0.5, 0.6) is 5.75 Å². The van der Waals surface area contributed by atoms with E-state index in [9.17, 15) is 26.4 Å². The van der Waals surface area contributed by atoms with Gasteiger partial charge in [-0.2, -0.15) is 13.2 Å². The Kier molecular flexibility index (Phi) is 5.77. The van der Waals surface area contributed by atoms with Crippen molar-refractivity contribution >= 4 is 27.5 Å². The molecule has 13 heteroatoms. The highest BCUT2D eigenvalue weighted by Crippen LogP contribution is 2.37. The number of nitrogens with one attached hydrogen (secondary N) is 1. The van der Waals surface area contributed by atoms with Crippen LogP contribution in [0.2, 0.25) is 5.02 Å². The summed E-state index contributed by atoms with van der Waals surface area (Å²) >= 11 is 5.86. The number of aromatic nitrogens is 3. The van der Waals surface area contributed by atoms with Crippen molar-refractivity contribution in [2.45, 2.75) is 42.8 Å². The largest absolute Gasteiger partial charge is 0.497 e. The smallest absolute Gasteiger partial charge is 0.435 e. The van der Waals surface area contributed by atoms with E-state index < -0.39 is 44.4 Å². The maximum absolute atomic E-state index is 13.6. The molecule has 1 heterocycles. The van der Waals surface area contributed by atoms with E-state index in [1.807, 2.05) is 0 Å². The minimum absolute atomic E-state index is 0.130. The fourth-order valence-corrected chi connectivity index (χ4v) is 4.63. The van der Waals surface area contributed by atoms with E-state index in [0.717, 1.165) is 18.9 Å². The molecule has 1 fully saturated rings. The molecule has 29 heavy (non-hydrogen) atoms. The first-order chi connectivity index (χ1) is 13.5. The van der Waals surface area contributed by atoms with Crippen molar-refractivity contribution in [3.63, 3.8) is 0 Å². The topological polar surface area (TPSA) is 103 Å². The number of hydrogen-bond acceptors (Lipinski definition) is 6. The van der Waals surface area contributed by atoms with Crippen molar-refractivity contribution < 1.29 is 31.1 Å². The van der Waals surface area contributed by atoms with E-state index in [1.54, 1.807) is 4.72 Å². The van der Waals surface area contributed by atoms with E-state index in [-0.39, 0.29) is 10.8 Å². The number of ether oxygens (including phenoxy) is 1. The number of benzene rings is 1. The molecule has 0 aliphatic heterocycles. The zero-order chi connectivity index (χ0) is 21.4. The van der Waals surface area contributed by atoms with E-state index in [1.165, 1.54) is 19.2 Å². The summed E-state index contributed by atoms with van der Waals surface area (Å²) in [5.41, 5.74) is -2.50. The molecule has 158 valence electrons. The molecule has 1 amide bonds. The Labute approximate surface area is 169 Å². The maximum Gasteiger partial charge on any atom is 0.435 e. The minimum atomic E-state index is -4.95. The van der Waals surface area contributed by atoms with Gasteiger partial charge in [0.25, 0.3) is 15.9 Å². The van der Waals surface area contributed by atoms with Gasteiger partial charge in [0.05, 0.1) is 18.2 Å². The third-order valence-electron chi connectivity index (χ3n) is 4.50. The summed E-state index contributed by atoms with van der Waals surface area (Å²) in [6, 6.07) is 3.10. The van der Waals surface area contributed by atoms with Gasteiger partial charge in [-0.3, -0.25) is 4.79 Å². The summed E-state index contributed by atoms with van der Waals surface area (Å²) < 4.78 is 73.0. The molecule has 1 aliphatic rings. The van der Waals surface area contributed by atoms with Crippen molar-refractivity contribution in [2.75, 3.05) is 7.11 Å². The number of methoxy groups -OCH3 is 1. The molecule has 0 saturated heterocycles. The summed E-state index contributed by atoms with van der Waals surface area (Å²) in [4.78, 5) is 11.9. The molecule has 3 rings (SSSR count). The SMILES string of the molecule is COc1ccc(Cl)c(S(=O)(=O)NC(=O)c2nnn(C3CCCC3)c2C(F)(F)F)c1. The Morgan fingerprint density at radius 2 is 1.97 bits per heavy atom. The fraction of sp³-hybridized carbons (Fsp3) is 0.438. The number of amides is 1. The van der Waals surface area contributed by atoms with Gasteiger partial charge >= 0.3 is 6.18 Å². The molecule has 1 aliphatic carbocycles. The van der Waals surface area contributed by atoms with E-state index in [2.05, 4.69) is 10.3 Å². The maximum atomic E-state index is 13.6. The van der Waals surface area contributed by atoms with Crippen molar-refractivity contribution in [3.8, 4) is 5.75 Å². The molecule has 1 N–H and O–H groups in total. The van der Waals surface area contributed by atoms with Crippen LogP contribution < -0.4 is 9.46 Å². The first-order valence-corrected chi connectivity index (χ1v) is 10.3. The van der Waals surface area contributed by atoms with Crippen molar-refractivity contribution in [3.05, 3.63) is 34.6 Å². The first kappa shape index (κ1) is 21.4. The van der Waals surface area contributed by atoms with Crippen molar-refractivity contribution in [2.24, 2.45) is 0 Å². The number of carbonyl (C=O) groups is 1. The fourth-order valence-electron chi connectivity index (χ4n) is 3.16. The number of halogens is 4. The number of hydrogen-bond donors (Lipinski definition) is 1. The average Bonchev–Trinajstić information content (AvgIpc) is 3.30. The van der Waals surface area contributed by atoms with Gasteiger partial charge in [-0.25, -0.2) is 17.8 Å². The lowest BCUT2D eigenvalue weighted by Crippen LogP contribution is -2.33. The normalized spacial score (nSPS) is 15.5. The number of alkyl halides is 3. The van der Waals surface area contributed by atoms with Crippen LogP contribution in [-0.2, 0) is 16.2 Å².